The Balaban J connectivity index is 1.68. The van der Waals surface area contributed by atoms with Crippen molar-refractivity contribution in [2.24, 2.45) is 0 Å². The number of urea groups is 1. The number of nitrogens with zero attached hydrogens (tertiary/aromatic N) is 1. The fourth-order valence-electron chi connectivity index (χ4n) is 4.03. The summed E-state index contributed by atoms with van der Waals surface area (Å²) >= 11 is 0. The van der Waals surface area contributed by atoms with Crippen LogP contribution in [0.2, 0.25) is 0 Å². The van der Waals surface area contributed by atoms with E-state index in [0.29, 0.717) is 10.9 Å². The van der Waals surface area contributed by atoms with Crippen molar-refractivity contribution in [3.63, 3.8) is 0 Å². The van der Waals surface area contributed by atoms with Crippen LogP contribution >= 0.6 is 0 Å². The monoisotopic (exact) mass is 380 g/mol. The molecule has 0 fully saturated rings. The minimum Gasteiger partial charge on any atom is -0.331 e. The Morgan fingerprint density at radius 1 is 1.04 bits per heavy atom. The first-order valence-electron chi connectivity index (χ1n) is 9.43. The molecule has 0 aliphatic heterocycles. The predicted molar refractivity (Wildman–Crippen MR) is 104 cm³/mol. The number of anilines is 1. The van der Waals surface area contributed by atoms with Gasteiger partial charge in [0.1, 0.15) is 0 Å². The molecule has 0 aromatic heterocycles. The number of amides is 2. The molecule has 1 aromatic rings. The van der Waals surface area contributed by atoms with Crippen molar-refractivity contribution in [3.8, 4) is 0 Å². The van der Waals surface area contributed by atoms with Gasteiger partial charge < -0.3 is 9.80 Å². The van der Waals surface area contributed by atoms with Gasteiger partial charge in [-0.05, 0) is 60.8 Å². The van der Waals surface area contributed by atoms with Gasteiger partial charge >= 0.3 is 6.03 Å². The fourth-order valence-corrected chi connectivity index (χ4v) is 4.97. The van der Waals surface area contributed by atoms with Gasteiger partial charge in [0.05, 0.1) is 33.4 Å². The number of nitrogens with one attached hydrogen (secondary N) is 2. The molecule has 0 unspecified atom stereocenters. The summed E-state index contributed by atoms with van der Waals surface area (Å²) in [6, 6.07) is 1.65. The van der Waals surface area contributed by atoms with Crippen LogP contribution in [0.3, 0.4) is 0 Å². The number of quaternary nitrogens is 1. The highest BCUT2D eigenvalue weighted by Gasteiger charge is 2.26. The average molecular weight is 381 g/mol. The largest absolute Gasteiger partial charge is 0.332 e. The number of benzene rings is 1. The quantitative estimate of drug-likeness (QED) is 0.743. The van der Waals surface area contributed by atoms with Gasteiger partial charge in [-0.2, -0.15) is 0 Å². The number of carbonyl (C=O) groups is 1. The van der Waals surface area contributed by atoms with Crippen LogP contribution in [-0.2, 0) is 35.7 Å². The molecule has 1 aromatic carbocycles. The highest BCUT2D eigenvalue weighted by molar-refractivity contribution is 7.90. The molecule has 2 amide bonds. The summed E-state index contributed by atoms with van der Waals surface area (Å²) in [6.45, 7) is 0.738. The van der Waals surface area contributed by atoms with E-state index in [1.807, 2.05) is 21.1 Å². The zero-order valence-corrected chi connectivity index (χ0v) is 16.8. The molecule has 0 spiro atoms. The van der Waals surface area contributed by atoms with Gasteiger partial charge in [0.25, 0.3) is 0 Å². The van der Waals surface area contributed by atoms with E-state index in [-0.39, 0.29) is 5.75 Å². The molecule has 0 saturated carbocycles. The number of fused-ring (bicyclic) bond motifs is 2. The second kappa shape index (κ2) is 7.19. The number of rotatable bonds is 6. The van der Waals surface area contributed by atoms with E-state index in [1.54, 1.807) is 0 Å². The molecule has 0 bridgehead atoms. The van der Waals surface area contributed by atoms with Crippen molar-refractivity contribution < 1.29 is 17.7 Å². The topological polar surface area (TPSA) is 75.3 Å². The van der Waals surface area contributed by atoms with E-state index in [0.717, 1.165) is 50.8 Å². The van der Waals surface area contributed by atoms with Crippen molar-refractivity contribution in [1.82, 2.24) is 4.72 Å². The van der Waals surface area contributed by atoms with Gasteiger partial charge in [-0.1, -0.05) is 6.07 Å². The van der Waals surface area contributed by atoms with Crippen molar-refractivity contribution in [3.05, 3.63) is 28.3 Å². The normalized spacial score (nSPS) is 16.3. The lowest BCUT2D eigenvalue weighted by molar-refractivity contribution is -0.870. The molecule has 26 heavy (non-hydrogen) atoms. The number of carbonyl (C=O) groups excluding carboxylic acids is 1. The molecular formula is C19H30N3O3S+. The van der Waals surface area contributed by atoms with Crippen molar-refractivity contribution in [2.75, 3.05) is 38.8 Å². The minimum absolute atomic E-state index is 0.0407. The van der Waals surface area contributed by atoms with E-state index < -0.39 is 16.1 Å². The molecule has 2 aliphatic carbocycles. The van der Waals surface area contributed by atoms with Crippen LogP contribution in [0.15, 0.2) is 6.07 Å². The molecule has 0 radical (unpaired) electrons. The lowest BCUT2D eigenvalue weighted by Gasteiger charge is -2.23. The molecule has 0 saturated heterocycles. The molecule has 2 N–H and O–H groups in total. The Bertz CT molecular complexity index is 778. The number of aryl methyl sites for hydroxylation is 2. The van der Waals surface area contributed by atoms with Crippen LogP contribution in [0.1, 0.15) is 41.5 Å². The lowest BCUT2D eigenvalue weighted by Crippen LogP contribution is -2.39. The van der Waals surface area contributed by atoms with Crippen LogP contribution in [0.5, 0.6) is 0 Å². The Morgan fingerprint density at radius 2 is 1.62 bits per heavy atom. The van der Waals surface area contributed by atoms with Gasteiger partial charge in [0.15, 0.2) is 0 Å². The third kappa shape index (κ3) is 4.57. The first-order valence-corrected chi connectivity index (χ1v) is 11.1. The van der Waals surface area contributed by atoms with Gasteiger partial charge in [-0.15, -0.1) is 0 Å². The molecule has 0 heterocycles. The summed E-state index contributed by atoms with van der Waals surface area (Å²) in [5, 5.41) is 2.87. The molecule has 3 rings (SSSR count). The average Bonchev–Trinajstić information content (AvgIpc) is 3.12. The van der Waals surface area contributed by atoms with E-state index in [9.17, 15) is 13.2 Å². The Kier molecular flexibility index (Phi) is 5.30. The molecule has 144 valence electrons. The zero-order valence-electron chi connectivity index (χ0n) is 16.0. The van der Waals surface area contributed by atoms with E-state index >= 15 is 0 Å². The highest BCUT2D eigenvalue weighted by atomic mass is 32.2. The van der Waals surface area contributed by atoms with Crippen LogP contribution in [0.25, 0.3) is 0 Å². The maximum absolute atomic E-state index is 12.4. The predicted octanol–water partition coefficient (Wildman–Crippen LogP) is 2.21. The molecule has 0 atom stereocenters. The number of hydrogen-bond donors (Lipinski definition) is 2. The van der Waals surface area contributed by atoms with Gasteiger partial charge in [0, 0.05) is 12.1 Å². The summed E-state index contributed by atoms with van der Waals surface area (Å²) in [7, 11) is 2.43. The van der Waals surface area contributed by atoms with Crippen LogP contribution in [0.4, 0.5) is 10.5 Å². The van der Waals surface area contributed by atoms with E-state index in [1.165, 1.54) is 22.3 Å². The molecular weight excluding hydrogens is 350 g/mol. The van der Waals surface area contributed by atoms with Gasteiger partial charge in [-0.3, -0.25) is 0 Å². The lowest BCUT2D eigenvalue weighted by atomic mass is 9.99. The Morgan fingerprint density at radius 3 is 2.15 bits per heavy atom. The van der Waals surface area contributed by atoms with Crippen LogP contribution in [0, 0.1) is 0 Å². The summed E-state index contributed by atoms with van der Waals surface area (Å²) in [6.07, 6.45) is 6.70. The number of sulfonamides is 1. The fraction of sp³-hybridized carbons (Fsp3) is 0.632. The third-order valence-corrected chi connectivity index (χ3v) is 6.52. The highest BCUT2D eigenvalue weighted by Crippen LogP contribution is 2.38. The van der Waals surface area contributed by atoms with Crippen molar-refractivity contribution in [1.29, 1.82) is 0 Å². The zero-order chi connectivity index (χ0) is 18.9. The second-order valence-electron chi connectivity index (χ2n) is 8.48. The summed E-state index contributed by atoms with van der Waals surface area (Å²) in [4.78, 5) is 12.4. The SMILES string of the molecule is C[N+](C)(C)CCCS(=O)(=O)NC(=O)Nc1c2c(cc3c1CCC3)CCC2. The molecule has 2 aliphatic rings. The Hall–Kier alpha value is -1.60. The third-order valence-electron chi connectivity index (χ3n) is 5.20. The standard InChI is InChI=1S/C19H29N3O3S/c1-22(2,3)11-6-12-26(24,25)21-19(23)20-18-16-9-4-7-14(16)13-15-8-5-10-17(15)18/h13H,4-12H2,1-3H3,(H-,20,21,23)/p+1. The molecule has 6 nitrogen and oxygen atoms in total. The van der Waals surface area contributed by atoms with Crippen LogP contribution < -0.4 is 10.0 Å². The van der Waals surface area contributed by atoms with Crippen molar-refractivity contribution in [2.45, 2.75) is 44.9 Å². The maximum Gasteiger partial charge on any atom is 0.332 e. The van der Waals surface area contributed by atoms with Gasteiger partial charge in [-0.25, -0.2) is 17.9 Å². The second-order valence-corrected chi connectivity index (χ2v) is 10.3. The maximum atomic E-state index is 12.4. The minimum atomic E-state index is -3.62. The van der Waals surface area contributed by atoms with E-state index in [4.69, 9.17) is 0 Å². The number of hydrogen-bond acceptors (Lipinski definition) is 3. The summed E-state index contributed by atoms with van der Waals surface area (Å²) in [5.74, 6) is -0.0407. The van der Waals surface area contributed by atoms with Crippen LogP contribution in [-0.4, -0.2) is 52.4 Å². The smallest absolute Gasteiger partial charge is 0.331 e. The summed E-state index contributed by atoms with van der Waals surface area (Å²) < 4.78 is 27.3. The first-order chi connectivity index (χ1) is 12.1. The first kappa shape index (κ1) is 19.2. The van der Waals surface area contributed by atoms with E-state index in [2.05, 4.69) is 16.1 Å². The summed E-state index contributed by atoms with van der Waals surface area (Å²) in [5.41, 5.74) is 5.89. The van der Waals surface area contributed by atoms with Crippen molar-refractivity contribution >= 4 is 21.7 Å². The molecule has 7 heteroatoms. The Labute approximate surface area is 156 Å². The van der Waals surface area contributed by atoms with Gasteiger partial charge in [0.2, 0.25) is 10.0 Å².